The predicted molar refractivity (Wildman–Crippen MR) is 426 cm³/mol. The highest BCUT2D eigenvalue weighted by atomic mass is 16.5. The maximum atomic E-state index is 12.1. The molecule has 10 aromatic rings. The molecule has 16 nitrogen and oxygen atoms in total. The van der Waals surface area contributed by atoms with Crippen LogP contribution in [0.5, 0.6) is 28.7 Å². The Hall–Kier alpha value is -12.4. The Labute approximate surface area is 612 Å². The number of carbonyl (C=O) groups is 4. The van der Waals surface area contributed by atoms with E-state index in [9.17, 15) is 19.2 Å². The number of anilines is 5. The van der Waals surface area contributed by atoms with Crippen molar-refractivity contribution in [1.82, 2.24) is 0 Å². The van der Waals surface area contributed by atoms with E-state index in [1.165, 1.54) is 32.9 Å². The van der Waals surface area contributed by atoms with E-state index in [1.54, 1.807) is 13.0 Å². The third kappa shape index (κ3) is 15.7. The molecule has 2 atom stereocenters. The lowest BCUT2D eigenvalue weighted by Crippen LogP contribution is -2.31. The van der Waals surface area contributed by atoms with Crippen LogP contribution in [0, 0.1) is 22.7 Å². The molecule has 0 bridgehead atoms. The number of benzene rings is 10. The van der Waals surface area contributed by atoms with Gasteiger partial charge in [0.2, 0.25) is 0 Å². The zero-order chi connectivity index (χ0) is 73.9. The molecule has 0 spiro atoms. The summed E-state index contributed by atoms with van der Waals surface area (Å²) in [7, 11) is 20.3. The van der Waals surface area contributed by atoms with Crippen LogP contribution >= 0.6 is 0 Å². The summed E-state index contributed by atoms with van der Waals surface area (Å²) in [6.45, 7) is 2.65. The van der Waals surface area contributed by atoms with Crippen LogP contribution in [-0.2, 0) is 19.2 Å². The lowest BCUT2D eigenvalue weighted by atomic mass is 9.87. The average Bonchev–Trinajstić information content (AvgIpc) is 1.78. The van der Waals surface area contributed by atoms with Gasteiger partial charge < -0.3 is 48.2 Å². The number of aldehydes is 1. The summed E-state index contributed by atoms with van der Waals surface area (Å²) in [5.74, 6) is 4.83. The molecule has 2 aliphatic carbocycles. The Morgan fingerprint density at radius 1 is 0.400 bits per heavy atom. The van der Waals surface area contributed by atoms with Crippen molar-refractivity contribution in [2.75, 3.05) is 115 Å². The number of ketones is 3. The van der Waals surface area contributed by atoms with Crippen LogP contribution in [0.15, 0.2) is 191 Å². The van der Waals surface area contributed by atoms with E-state index >= 15 is 0 Å². The van der Waals surface area contributed by atoms with Crippen molar-refractivity contribution in [1.29, 1.82) is 10.5 Å². The first-order valence-electron chi connectivity index (χ1n) is 35.1. The number of allylic oxidation sites excluding steroid dienone is 1. The summed E-state index contributed by atoms with van der Waals surface area (Å²) in [6.07, 6.45) is 16.1. The number of nitrogens with zero attached hydrogens (tertiary/aromatic N) is 7. The lowest BCUT2D eigenvalue weighted by molar-refractivity contribution is -0.117. The Balaban J connectivity index is 0.000000117. The Bertz CT molecular complexity index is 5490. The molecule has 0 N–H and O–H groups in total. The standard InChI is InChI=1S/C19H15N3O.C19H19NO2.C18H17NO2.C17H17NO2.C16H15NO2/c1-22(2)18-4-3-15-7-17-6-13(5-14(10-20)11-21)12-23-19(17)9-16(15)8-18;1-20(2)15-7-6-12-8-14-10-16-17(21)4-3-5-18(16)22-19(14)11-13(12)9-15;1-19(2)14-4-3-11-7-13-9-15-16(20)5-6-17(15)21-18(13)10-12(11)8-14;1-11(19)15-7-14-6-12-4-5-16(18(2)3)8-13(12)9-17(14)20-10-15;1-17(2)15-4-3-12-6-14-5-11(9-18)10-19-16(14)8-13(12)7-15/h3-9H,12H2,1-2H3;6-11,18H,3-5H2,1-2H3;3-4,7-10,17H,5-6H2,1-2H3;4-9H,10H2,1-3H3;3-9H,10H2,1-2H3. The quantitative estimate of drug-likeness (QED) is 0.104. The first-order valence-corrected chi connectivity index (χ1v) is 35.1. The molecule has 528 valence electrons. The summed E-state index contributed by atoms with van der Waals surface area (Å²) in [5.41, 5.74) is 14.7. The first kappa shape index (κ1) is 71.0. The van der Waals surface area contributed by atoms with Crippen molar-refractivity contribution >= 4 is 136 Å². The van der Waals surface area contributed by atoms with Gasteiger partial charge in [-0.25, -0.2) is 0 Å². The summed E-state index contributed by atoms with van der Waals surface area (Å²) in [4.78, 5) is 56.6. The molecule has 0 radical (unpaired) electrons. The maximum Gasteiger partial charge on any atom is 0.162 e. The number of carbonyl (C=O) groups excluding carboxylic acids is 4. The second kappa shape index (κ2) is 30.3. The minimum absolute atomic E-state index is 0.0421. The second-order valence-electron chi connectivity index (χ2n) is 28.2. The normalized spacial score (nSPS) is 15.8. The van der Waals surface area contributed by atoms with E-state index < -0.39 is 0 Å². The van der Waals surface area contributed by atoms with E-state index in [0.29, 0.717) is 38.2 Å². The maximum absolute atomic E-state index is 12.1. The minimum atomic E-state index is -0.0526. The molecule has 0 amide bonds. The zero-order valence-corrected chi connectivity index (χ0v) is 61.1. The molecule has 17 rings (SSSR count). The van der Waals surface area contributed by atoms with Crippen LogP contribution in [0.2, 0.25) is 0 Å². The molecular formula is C89H83N7O9. The number of hydrogen-bond donors (Lipinski definition) is 0. The van der Waals surface area contributed by atoms with Crippen molar-refractivity contribution in [3.63, 3.8) is 0 Å². The molecule has 2 saturated carbocycles. The fourth-order valence-electron chi connectivity index (χ4n) is 13.7. The number of ether oxygens (including phenoxy) is 5. The van der Waals surface area contributed by atoms with Gasteiger partial charge in [-0.15, -0.1) is 0 Å². The Morgan fingerprint density at radius 3 is 1.10 bits per heavy atom. The molecule has 105 heavy (non-hydrogen) atoms. The number of Topliss-reactive ketones (excluding diaryl/α,β-unsaturated/α-hetero) is 3. The fraction of sp³-hybridized carbons (Fsp3) is 0.236. The van der Waals surface area contributed by atoms with Gasteiger partial charge in [0, 0.05) is 162 Å². The topological polar surface area (TPSA) is 178 Å². The minimum Gasteiger partial charge on any atom is -0.488 e. The molecule has 10 aromatic carbocycles. The number of fused-ring (bicyclic) bond motifs is 12. The number of rotatable bonds is 8. The number of hydrogen-bond acceptors (Lipinski definition) is 16. The van der Waals surface area contributed by atoms with Gasteiger partial charge in [0.15, 0.2) is 17.3 Å². The van der Waals surface area contributed by atoms with Crippen LogP contribution in [0.1, 0.15) is 66.8 Å². The molecule has 2 unspecified atom stereocenters. The molecule has 0 saturated heterocycles. The molecule has 5 aliphatic heterocycles. The van der Waals surface area contributed by atoms with Crippen LogP contribution in [0.3, 0.4) is 0 Å². The van der Waals surface area contributed by atoms with Gasteiger partial charge in [-0.3, -0.25) is 19.2 Å². The molecule has 0 aromatic heterocycles. The zero-order valence-electron chi connectivity index (χ0n) is 61.1. The van der Waals surface area contributed by atoms with Gasteiger partial charge in [-0.1, -0.05) is 30.3 Å². The molecule has 2 fully saturated rings. The average molecular weight is 1390 g/mol. The summed E-state index contributed by atoms with van der Waals surface area (Å²) in [5, 5.41) is 29.2. The third-order valence-corrected chi connectivity index (χ3v) is 19.7. The van der Waals surface area contributed by atoms with Gasteiger partial charge in [-0.2, -0.15) is 10.5 Å². The molecular weight excluding hydrogens is 1310 g/mol. The smallest absolute Gasteiger partial charge is 0.162 e. The number of nitriles is 2. The summed E-state index contributed by atoms with van der Waals surface area (Å²) in [6, 6.07) is 56.2. The third-order valence-electron chi connectivity index (χ3n) is 19.7. The molecule has 7 aliphatic rings. The predicted octanol–water partition coefficient (Wildman–Crippen LogP) is 17.0. The van der Waals surface area contributed by atoms with Crippen LogP contribution in [0.4, 0.5) is 28.4 Å². The highest BCUT2D eigenvalue weighted by molar-refractivity contribution is 6.06. The summed E-state index contributed by atoms with van der Waals surface area (Å²) >= 11 is 0. The van der Waals surface area contributed by atoms with Gasteiger partial charge in [-0.05, 0) is 243 Å². The van der Waals surface area contributed by atoms with Crippen molar-refractivity contribution < 1.29 is 42.9 Å². The molecule has 5 heterocycles. The highest BCUT2D eigenvalue weighted by Gasteiger charge is 2.34. The van der Waals surface area contributed by atoms with Gasteiger partial charge >= 0.3 is 0 Å². The van der Waals surface area contributed by atoms with E-state index in [-0.39, 0.29) is 35.1 Å². The Kier molecular flexibility index (Phi) is 20.5. The van der Waals surface area contributed by atoms with Crippen molar-refractivity contribution in [2.45, 2.75) is 51.2 Å². The molecule has 16 heteroatoms. The summed E-state index contributed by atoms with van der Waals surface area (Å²) < 4.78 is 29.3. The van der Waals surface area contributed by atoms with Gasteiger partial charge in [0.05, 0.1) is 0 Å². The Morgan fingerprint density at radius 2 is 0.733 bits per heavy atom. The second-order valence-corrected chi connectivity index (χ2v) is 28.2. The van der Waals surface area contributed by atoms with E-state index in [2.05, 4.69) is 158 Å². The first-order chi connectivity index (χ1) is 50.5. The van der Waals surface area contributed by atoms with E-state index in [4.69, 9.17) is 34.2 Å². The largest absolute Gasteiger partial charge is 0.488 e. The monoisotopic (exact) mass is 1390 g/mol. The lowest BCUT2D eigenvalue weighted by Gasteiger charge is -2.30. The van der Waals surface area contributed by atoms with E-state index in [1.807, 2.05) is 131 Å². The van der Waals surface area contributed by atoms with Crippen LogP contribution in [0.25, 0.3) is 84.2 Å². The van der Waals surface area contributed by atoms with E-state index in [0.717, 1.165) is 154 Å². The van der Waals surface area contributed by atoms with Gasteiger partial charge in [0.1, 0.15) is 84.8 Å². The van der Waals surface area contributed by atoms with Crippen LogP contribution in [-0.4, -0.2) is 126 Å². The van der Waals surface area contributed by atoms with Crippen LogP contribution < -0.4 is 48.2 Å². The van der Waals surface area contributed by atoms with Gasteiger partial charge in [0.25, 0.3) is 0 Å². The SMILES string of the molecule is CC(=O)C1=Cc2cc3ccc(N(C)C)cc3cc2OC1.CN(C)c1ccc2cc3c(cc2c1)OC1CCC(=O)C1=C3.CN(C)c1ccc2cc3c(cc2c1)OC1CCCC(=O)C1=C3.CN(C)c1ccc2cc3c(cc2c1)OCC(C=C(C#N)C#N)=C3.CN(C)c1ccc2cc3c(cc2c1)OCC(C=O)=C3. The highest BCUT2D eigenvalue weighted by Crippen LogP contribution is 2.42. The van der Waals surface area contributed by atoms with Crippen molar-refractivity contribution in [3.05, 3.63) is 219 Å². The fourth-order valence-corrected chi connectivity index (χ4v) is 13.7. The van der Waals surface area contributed by atoms with Crippen molar-refractivity contribution in [3.8, 4) is 40.9 Å². The van der Waals surface area contributed by atoms with Crippen molar-refractivity contribution in [2.24, 2.45) is 0 Å².